The van der Waals surface area contributed by atoms with E-state index in [1.54, 1.807) is 12.4 Å². The topological polar surface area (TPSA) is 57.3 Å². The van der Waals surface area contributed by atoms with E-state index < -0.39 is 0 Å². The highest BCUT2D eigenvalue weighted by atomic mass is 16.1. The van der Waals surface area contributed by atoms with Crippen LogP contribution in [0.25, 0.3) is 0 Å². The number of pyridine rings is 1. The maximum atomic E-state index is 12.6. The van der Waals surface area contributed by atoms with Crippen LogP contribution in [0.5, 0.6) is 0 Å². The number of anilines is 3. The molecule has 0 aliphatic carbocycles. The third kappa shape index (κ3) is 5.13. The minimum absolute atomic E-state index is 0.161. The molecule has 0 spiro atoms. The quantitative estimate of drug-likeness (QED) is 0.630. The first-order chi connectivity index (χ1) is 14.3. The summed E-state index contributed by atoms with van der Waals surface area (Å²) in [5.74, 6) is -0.161. The van der Waals surface area contributed by atoms with Crippen LogP contribution in [0.2, 0.25) is 0 Å². The molecule has 5 heteroatoms. The molecule has 3 aromatic rings. The first-order valence-corrected chi connectivity index (χ1v) is 10.2. The lowest BCUT2D eigenvalue weighted by molar-refractivity contribution is 0.102. The van der Waals surface area contributed by atoms with Crippen LogP contribution in [0.15, 0.2) is 73.1 Å². The lowest BCUT2D eigenvalue weighted by atomic mass is 10.1. The summed E-state index contributed by atoms with van der Waals surface area (Å²) in [5, 5.41) is 6.28. The molecule has 0 atom stereocenters. The van der Waals surface area contributed by atoms with E-state index in [1.165, 1.54) is 30.5 Å². The van der Waals surface area contributed by atoms with Crippen LogP contribution in [-0.2, 0) is 6.54 Å². The predicted octanol–water partition coefficient (Wildman–Crippen LogP) is 4.94. The summed E-state index contributed by atoms with van der Waals surface area (Å²) < 4.78 is 0. The van der Waals surface area contributed by atoms with Gasteiger partial charge in [0.1, 0.15) is 0 Å². The Morgan fingerprint density at radius 3 is 2.41 bits per heavy atom. The highest BCUT2D eigenvalue weighted by molar-refractivity contribution is 6.04. The minimum atomic E-state index is -0.161. The number of carbonyl (C=O) groups excluding carboxylic acids is 1. The zero-order valence-electron chi connectivity index (χ0n) is 16.5. The summed E-state index contributed by atoms with van der Waals surface area (Å²) in [6.45, 7) is 2.91. The van der Waals surface area contributed by atoms with Crippen LogP contribution >= 0.6 is 0 Å². The smallest absolute Gasteiger partial charge is 0.257 e. The van der Waals surface area contributed by atoms with Gasteiger partial charge in [-0.15, -0.1) is 0 Å². The van der Waals surface area contributed by atoms with E-state index in [0.717, 1.165) is 24.5 Å². The summed E-state index contributed by atoms with van der Waals surface area (Å²) in [5.41, 5.74) is 4.54. The molecule has 0 unspecified atom stereocenters. The van der Waals surface area contributed by atoms with Crippen molar-refractivity contribution in [1.82, 2.24) is 4.98 Å². The Labute approximate surface area is 171 Å². The Morgan fingerprint density at radius 1 is 0.897 bits per heavy atom. The second-order valence-corrected chi connectivity index (χ2v) is 7.35. The fraction of sp³-hybridized carbons (Fsp3) is 0.250. The molecule has 1 amide bonds. The van der Waals surface area contributed by atoms with E-state index >= 15 is 0 Å². The van der Waals surface area contributed by atoms with Gasteiger partial charge >= 0.3 is 0 Å². The van der Waals surface area contributed by atoms with E-state index in [-0.39, 0.29) is 5.91 Å². The summed E-state index contributed by atoms with van der Waals surface area (Å²) in [7, 11) is 0. The van der Waals surface area contributed by atoms with Crippen LogP contribution in [0.3, 0.4) is 0 Å². The zero-order chi connectivity index (χ0) is 19.9. The van der Waals surface area contributed by atoms with Crippen LogP contribution < -0.4 is 15.5 Å². The number of hydrogen-bond acceptors (Lipinski definition) is 4. The van der Waals surface area contributed by atoms with Crippen molar-refractivity contribution in [3.05, 3.63) is 84.2 Å². The van der Waals surface area contributed by atoms with E-state index in [1.807, 2.05) is 36.4 Å². The van der Waals surface area contributed by atoms with Gasteiger partial charge in [-0.3, -0.25) is 9.78 Å². The number of carbonyl (C=O) groups is 1. The predicted molar refractivity (Wildman–Crippen MR) is 118 cm³/mol. The largest absolute Gasteiger partial charge is 0.380 e. The standard InChI is InChI=1S/C24H26N4O/c29-24(27-21-9-11-23(12-10-21)28-13-5-2-6-14-28)20-15-22(18-25-17-20)26-16-19-7-3-1-4-8-19/h1,3-4,7-12,15,17-18,26H,2,5-6,13-14,16H2,(H,27,29). The molecule has 0 radical (unpaired) electrons. The molecule has 1 aliphatic rings. The number of amides is 1. The molecule has 29 heavy (non-hydrogen) atoms. The van der Waals surface area contributed by atoms with Crippen molar-refractivity contribution in [1.29, 1.82) is 0 Å². The van der Waals surface area contributed by atoms with Gasteiger partial charge < -0.3 is 15.5 Å². The van der Waals surface area contributed by atoms with E-state index in [0.29, 0.717) is 12.1 Å². The Morgan fingerprint density at radius 2 is 1.66 bits per heavy atom. The van der Waals surface area contributed by atoms with Gasteiger partial charge in [0.2, 0.25) is 0 Å². The van der Waals surface area contributed by atoms with Crippen molar-refractivity contribution in [3.8, 4) is 0 Å². The lowest BCUT2D eigenvalue weighted by Crippen LogP contribution is -2.29. The fourth-order valence-corrected chi connectivity index (χ4v) is 3.57. The average Bonchev–Trinajstić information content (AvgIpc) is 2.80. The number of nitrogens with one attached hydrogen (secondary N) is 2. The van der Waals surface area contributed by atoms with Crippen LogP contribution in [0.4, 0.5) is 17.1 Å². The van der Waals surface area contributed by atoms with E-state index in [2.05, 4.69) is 44.8 Å². The van der Waals surface area contributed by atoms with Crippen molar-refractivity contribution >= 4 is 23.0 Å². The normalized spacial score (nSPS) is 13.7. The zero-order valence-corrected chi connectivity index (χ0v) is 16.5. The lowest BCUT2D eigenvalue weighted by Gasteiger charge is -2.28. The molecule has 5 nitrogen and oxygen atoms in total. The Balaban J connectivity index is 1.36. The van der Waals surface area contributed by atoms with Crippen LogP contribution in [0.1, 0.15) is 35.2 Å². The van der Waals surface area contributed by atoms with Gasteiger partial charge in [0.15, 0.2) is 0 Å². The minimum Gasteiger partial charge on any atom is -0.380 e. The molecule has 2 N–H and O–H groups in total. The first-order valence-electron chi connectivity index (χ1n) is 10.2. The summed E-state index contributed by atoms with van der Waals surface area (Å²) in [4.78, 5) is 19.2. The molecule has 4 rings (SSSR count). The van der Waals surface area contributed by atoms with Gasteiger partial charge in [0, 0.05) is 43.4 Å². The molecule has 2 aromatic carbocycles. The van der Waals surface area contributed by atoms with Crippen molar-refractivity contribution in [2.24, 2.45) is 0 Å². The molecule has 2 heterocycles. The Hall–Kier alpha value is -3.34. The number of nitrogens with zero attached hydrogens (tertiary/aromatic N) is 2. The molecule has 0 bridgehead atoms. The monoisotopic (exact) mass is 386 g/mol. The van der Waals surface area contributed by atoms with Gasteiger partial charge in [-0.1, -0.05) is 30.3 Å². The van der Waals surface area contributed by atoms with Crippen LogP contribution in [0, 0.1) is 0 Å². The van der Waals surface area contributed by atoms with Crippen molar-refractivity contribution in [3.63, 3.8) is 0 Å². The van der Waals surface area contributed by atoms with Crippen LogP contribution in [-0.4, -0.2) is 24.0 Å². The highest BCUT2D eigenvalue weighted by Crippen LogP contribution is 2.22. The molecule has 1 saturated heterocycles. The number of aromatic nitrogens is 1. The first kappa shape index (κ1) is 19.0. The SMILES string of the molecule is O=C(Nc1ccc(N2CCCCC2)cc1)c1cncc(NCc2ccccc2)c1. The Bertz CT molecular complexity index is 935. The van der Waals surface area contributed by atoms with Crippen molar-refractivity contribution in [2.45, 2.75) is 25.8 Å². The fourth-order valence-electron chi connectivity index (χ4n) is 3.57. The highest BCUT2D eigenvalue weighted by Gasteiger charge is 2.12. The van der Waals surface area contributed by atoms with E-state index in [9.17, 15) is 4.79 Å². The second-order valence-electron chi connectivity index (χ2n) is 7.35. The molecular formula is C24H26N4O. The average molecular weight is 386 g/mol. The molecule has 148 valence electrons. The molecule has 1 aromatic heterocycles. The number of benzene rings is 2. The molecule has 1 aliphatic heterocycles. The Kier molecular flexibility index (Phi) is 6.05. The molecular weight excluding hydrogens is 360 g/mol. The van der Waals surface area contributed by atoms with Gasteiger partial charge in [0.25, 0.3) is 5.91 Å². The molecule has 0 saturated carbocycles. The maximum absolute atomic E-state index is 12.6. The van der Waals surface area contributed by atoms with E-state index in [4.69, 9.17) is 0 Å². The number of rotatable bonds is 6. The summed E-state index contributed by atoms with van der Waals surface area (Å²) >= 11 is 0. The number of piperidine rings is 1. The van der Waals surface area contributed by atoms with Gasteiger partial charge in [-0.25, -0.2) is 0 Å². The van der Waals surface area contributed by atoms with Gasteiger partial charge in [0.05, 0.1) is 11.3 Å². The summed E-state index contributed by atoms with van der Waals surface area (Å²) in [6, 6.07) is 20.1. The molecule has 1 fully saturated rings. The van der Waals surface area contributed by atoms with Crippen molar-refractivity contribution < 1.29 is 4.79 Å². The second kappa shape index (κ2) is 9.24. The number of hydrogen-bond donors (Lipinski definition) is 2. The third-order valence-corrected chi connectivity index (χ3v) is 5.19. The van der Waals surface area contributed by atoms with Gasteiger partial charge in [-0.2, -0.15) is 0 Å². The summed E-state index contributed by atoms with van der Waals surface area (Å²) in [6.07, 6.45) is 7.14. The maximum Gasteiger partial charge on any atom is 0.257 e. The van der Waals surface area contributed by atoms with Gasteiger partial charge in [-0.05, 0) is 55.2 Å². The third-order valence-electron chi connectivity index (χ3n) is 5.19. The van der Waals surface area contributed by atoms with Crippen molar-refractivity contribution in [2.75, 3.05) is 28.6 Å².